The summed E-state index contributed by atoms with van der Waals surface area (Å²) in [6.45, 7) is 13.7. The third-order valence-electron chi connectivity index (χ3n) is 6.07. The van der Waals surface area contributed by atoms with Crippen molar-refractivity contribution < 1.29 is 4.79 Å². The summed E-state index contributed by atoms with van der Waals surface area (Å²) in [6.07, 6.45) is 3.01. The van der Waals surface area contributed by atoms with Crippen LogP contribution in [0.3, 0.4) is 0 Å². The first-order valence-electron chi connectivity index (χ1n) is 9.86. The predicted molar refractivity (Wildman–Crippen MR) is 104 cm³/mol. The Labute approximate surface area is 152 Å². The fourth-order valence-electron chi connectivity index (χ4n) is 3.96. The summed E-state index contributed by atoms with van der Waals surface area (Å²) >= 11 is 0. The van der Waals surface area contributed by atoms with Crippen molar-refractivity contribution in [2.45, 2.75) is 40.0 Å². The average Bonchev–Trinajstić information content (AvgIpc) is 2.63. The normalized spacial score (nSPS) is 20.1. The third kappa shape index (κ3) is 4.55. The maximum absolute atomic E-state index is 12.4. The van der Waals surface area contributed by atoms with Crippen LogP contribution in [0.2, 0.25) is 0 Å². The molecule has 0 N–H and O–H groups in total. The van der Waals surface area contributed by atoms with Crippen LogP contribution in [-0.4, -0.2) is 61.5 Å². The Bertz CT molecular complexity index is 585. The second kappa shape index (κ2) is 8.22. The molecular formula is C21H33N3O. The maximum atomic E-state index is 12.4. The van der Waals surface area contributed by atoms with Crippen molar-refractivity contribution in [1.82, 2.24) is 9.80 Å². The molecule has 2 heterocycles. The highest BCUT2D eigenvalue weighted by Crippen LogP contribution is 2.24. The Morgan fingerprint density at radius 1 is 1.04 bits per heavy atom. The highest BCUT2D eigenvalue weighted by atomic mass is 16.2. The van der Waals surface area contributed by atoms with Gasteiger partial charge in [-0.25, -0.2) is 0 Å². The number of piperazine rings is 1. The van der Waals surface area contributed by atoms with Gasteiger partial charge < -0.3 is 9.80 Å². The Morgan fingerprint density at radius 2 is 1.72 bits per heavy atom. The quantitative estimate of drug-likeness (QED) is 0.841. The Kier molecular flexibility index (Phi) is 6.00. The number of anilines is 1. The molecule has 0 atom stereocenters. The molecule has 4 heteroatoms. The van der Waals surface area contributed by atoms with Crippen LogP contribution in [0.1, 0.15) is 37.3 Å². The van der Waals surface area contributed by atoms with Gasteiger partial charge in [-0.1, -0.05) is 19.1 Å². The maximum Gasteiger partial charge on any atom is 0.223 e. The number of likely N-dealkylation sites (tertiary alicyclic amines) is 1. The van der Waals surface area contributed by atoms with Crippen molar-refractivity contribution in [2.75, 3.05) is 50.7 Å². The topological polar surface area (TPSA) is 26.8 Å². The molecule has 0 unspecified atom stereocenters. The number of aryl methyl sites for hydroxylation is 1. The molecule has 2 fully saturated rings. The molecule has 0 radical (unpaired) electrons. The van der Waals surface area contributed by atoms with Crippen molar-refractivity contribution in [2.24, 2.45) is 5.92 Å². The lowest BCUT2D eigenvalue weighted by molar-refractivity contribution is -0.132. The van der Waals surface area contributed by atoms with E-state index in [-0.39, 0.29) is 0 Å². The number of nitrogens with zero attached hydrogens (tertiary/aromatic N) is 3. The lowest BCUT2D eigenvalue weighted by atomic mass is 9.99. The molecule has 1 aromatic carbocycles. The van der Waals surface area contributed by atoms with Crippen LogP contribution >= 0.6 is 0 Å². The van der Waals surface area contributed by atoms with Crippen molar-refractivity contribution in [3.8, 4) is 0 Å². The van der Waals surface area contributed by atoms with Gasteiger partial charge in [0.2, 0.25) is 5.91 Å². The highest BCUT2D eigenvalue weighted by Gasteiger charge is 2.22. The third-order valence-corrected chi connectivity index (χ3v) is 6.07. The van der Waals surface area contributed by atoms with Gasteiger partial charge in [0.15, 0.2) is 0 Å². The Morgan fingerprint density at radius 3 is 2.40 bits per heavy atom. The standard InChI is InChI=1S/C21H33N3O/c1-17-7-11-24(12-8-17)21(25)9-10-22-13-15-23(16-14-22)20-6-4-5-18(2)19(20)3/h4-6,17H,7-16H2,1-3H3. The van der Waals surface area contributed by atoms with E-state index >= 15 is 0 Å². The van der Waals surface area contributed by atoms with Gasteiger partial charge in [-0.2, -0.15) is 0 Å². The Balaban J connectivity index is 1.43. The van der Waals surface area contributed by atoms with E-state index in [9.17, 15) is 4.79 Å². The number of rotatable bonds is 4. The first-order valence-corrected chi connectivity index (χ1v) is 9.86. The van der Waals surface area contributed by atoms with E-state index in [1.165, 1.54) is 29.7 Å². The molecule has 0 spiro atoms. The molecule has 138 valence electrons. The van der Waals surface area contributed by atoms with Gasteiger partial charge in [0, 0.05) is 57.9 Å². The van der Waals surface area contributed by atoms with Crippen LogP contribution in [0, 0.1) is 19.8 Å². The molecule has 0 aromatic heterocycles. The van der Waals surface area contributed by atoms with Crippen LogP contribution in [0.4, 0.5) is 5.69 Å². The minimum atomic E-state index is 0.351. The van der Waals surface area contributed by atoms with Gasteiger partial charge in [0.1, 0.15) is 0 Å². The lowest BCUT2D eigenvalue weighted by Gasteiger charge is -2.37. The zero-order valence-electron chi connectivity index (χ0n) is 16.1. The summed E-state index contributed by atoms with van der Waals surface area (Å²) in [5, 5.41) is 0. The van der Waals surface area contributed by atoms with Gasteiger partial charge in [-0.05, 0) is 49.8 Å². The van der Waals surface area contributed by atoms with Crippen molar-refractivity contribution >= 4 is 11.6 Å². The monoisotopic (exact) mass is 343 g/mol. The van der Waals surface area contributed by atoms with Crippen LogP contribution in [0.15, 0.2) is 18.2 Å². The minimum Gasteiger partial charge on any atom is -0.369 e. The van der Waals surface area contributed by atoms with E-state index in [0.29, 0.717) is 12.3 Å². The zero-order chi connectivity index (χ0) is 17.8. The number of carbonyl (C=O) groups excluding carboxylic acids is 1. The second-order valence-corrected chi connectivity index (χ2v) is 7.86. The van der Waals surface area contributed by atoms with Gasteiger partial charge in [0.05, 0.1) is 0 Å². The first kappa shape index (κ1) is 18.2. The molecule has 0 saturated carbocycles. The summed E-state index contributed by atoms with van der Waals surface area (Å²) < 4.78 is 0. The van der Waals surface area contributed by atoms with Gasteiger partial charge in [-0.3, -0.25) is 9.69 Å². The number of piperidine rings is 1. The van der Waals surface area contributed by atoms with Gasteiger partial charge in [-0.15, -0.1) is 0 Å². The summed E-state index contributed by atoms with van der Waals surface area (Å²) in [6, 6.07) is 6.57. The molecule has 2 saturated heterocycles. The number of carbonyl (C=O) groups is 1. The van der Waals surface area contributed by atoms with E-state index in [1.807, 2.05) is 0 Å². The predicted octanol–water partition coefficient (Wildman–Crippen LogP) is 3.07. The van der Waals surface area contributed by atoms with E-state index < -0.39 is 0 Å². The molecule has 0 aliphatic carbocycles. The fourth-order valence-corrected chi connectivity index (χ4v) is 3.96. The van der Waals surface area contributed by atoms with Crippen LogP contribution in [0.5, 0.6) is 0 Å². The number of benzene rings is 1. The molecule has 1 aromatic rings. The second-order valence-electron chi connectivity index (χ2n) is 7.86. The number of amides is 1. The summed E-state index contributed by atoms with van der Waals surface area (Å²) in [5.41, 5.74) is 4.13. The zero-order valence-corrected chi connectivity index (χ0v) is 16.1. The number of hydrogen-bond acceptors (Lipinski definition) is 3. The fraction of sp³-hybridized carbons (Fsp3) is 0.667. The number of hydrogen-bond donors (Lipinski definition) is 0. The molecule has 4 nitrogen and oxygen atoms in total. The molecular weight excluding hydrogens is 310 g/mol. The molecule has 1 amide bonds. The summed E-state index contributed by atoms with van der Waals surface area (Å²) in [4.78, 5) is 19.4. The summed E-state index contributed by atoms with van der Waals surface area (Å²) in [5.74, 6) is 1.13. The smallest absolute Gasteiger partial charge is 0.223 e. The van der Waals surface area contributed by atoms with Crippen molar-refractivity contribution in [3.63, 3.8) is 0 Å². The van der Waals surface area contributed by atoms with Crippen LogP contribution < -0.4 is 4.90 Å². The molecule has 25 heavy (non-hydrogen) atoms. The lowest BCUT2D eigenvalue weighted by Crippen LogP contribution is -2.48. The van der Waals surface area contributed by atoms with Crippen LogP contribution in [0.25, 0.3) is 0 Å². The molecule has 2 aliphatic rings. The largest absolute Gasteiger partial charge is 0.369 e. The molecule has 0 bridgehead atoms. The van der Waals surface area contributed by atoms with E-state index in [4.69, 9.17) is 0 Å². The first-order chi connectivity index (χ1) is 12.0. The van der Waals surface area contributed by atoms with Crippen molar-refractivity contribution in [1.29, 1.82) is 0 Å². The summed E-state index contributed by atoms with van der Waals surface area (Å²) in [7, 11) is 0. The SMILES string of the molecule is Cc1cccc(N2CCN(CCC(=O)N3CCC(C)CC3)CC2)c1C. The Hall–Kier alpha value is -1.55. The van der Waals surface area contributed by atoms with E-state index in [2.05, 4.69) is 53.7 Å². The highest BCUT2D eigenvalue weighted by molar-refractivity contribution is 5.76. The average molecular weight is 344 g/mol. The minimum absolute atomic E-state index is 0.351. The van der Waals surface area contributed by atoms with Gasteiger partial charge in [0.25, 0.3) is 0 Å². The van der Waals surface area contributed by atoms with E-state index in [0.717, 1.165) is 51.7 Å². The molecule has 2 aliphatic heterocycles. The van der Waals surface area contributed by atoms with E-state index in [1.54, 1.807) is 0 Å². The van der Waals surface area contributed by atoms with Gasteiger partial charge >= 0.3 is 0 Å². The molecule has 3 rings (SSSR count). The van der Waals surface area contributed by atoms with Crippen molar-refractivity contribution in [3.05, 3.63) is 29.3 Å². The van der Waals surface area contributed by atoms with Crippen LogP contribution in [-0.2, 0) is 4.79 Å².